The van der Waals surface area contributed by atoms with E-state index in [0.717, 1.165) is 11.1 Å². The molecule has 0 atom stereocenters. The molecule has 0 aliphatic carbocycles. The lowest BCUT2D eigenvalue weighted by molar-refractivity contribution is 0.0749. The predicted octanol–water partition coefficient (Wildman–Crippen LogP) is 1.99. The maximum absolute atomic E-state index is 12.6. The van der Waals surface area contributed by atoms with Crippen LogP contribution in [0.5, 0.6) is 0 Å². The molecule has 6 nitrogen and oxygen atoms in total. The summed E-state index contributed by atoms with van der Waals surface area (Å²) in [6.45, 7) is 4.99. The largest absolute Gasteiger partial charge is 0.340 e. The molecule has 0 saturated heterocycles. The highest BCUT2D eigenvalue weighted by molar-refractivity contribution is 7.92. The number of aryl methyl sites for hydroxylation is 2. The summed E-state index contributed by atoms with van der Waals surface area (Å²) in [6, 6.07) is 6.96. The van der Waals surface area contributed by atoms with Gasteiger partial charge >= 0.3 is 0 Å². The van der Waals surface area contributed by atoms with Gasteiger partial charge in [-0.25, -0.2) is 8.42 Å². The maximum Gasteiger partial charge on any atom is 0.270 e. The molecule has 1 amide bonds. The van der Waals surface area contributed by atoms with Crippen LogP contribution >= 0.6 is 0 Å². The van der Waals surface area contributed by atoms with Crippen molar-refractivity contribution >= 4 is 21.6 Å². The minimum atomic E-state index is -3.72. The summed E-state index contributed by atoms with van der Waals surface area (Å²) in [7, 11) is -2.01. The molecule has 1 N–H and O–H groups in total. The van der Waals surface area contributed by atoms with Crippen LogP contribution in [0.25, 0.3) is 0 Å². The number of nitrogens with one attached hydrogen (secondary N) is 1. The zero-order valence-electron chi connectivity index (χ0n) is 13.3. The average molecular weight is 333 g/mol. The van der Waals surface area contributed by atoms with Crippen molar-refractivity contribution in [1.29, 1.82) is 0 Å². The number of sulfonamides is 1. The number of anilines is 1. The third kappa shape index (κ3) is 2.96. The summed E-state index contributed by atoms with van der Waals surface area (Å²) in [6.07, 6.45) is 1.52. The van der Waals surface area contributed by atoms with Gasteiger partial charge in [0.1, 0.15) is 10.6 Å². The van der Waals surface area contributed by atoms with E-state index in [1.165, 1.54) is 12.3 Å². The third-order valence-electron chi connectivity index (χ3n) is 3.90. The number of amides is 1. The van der Waals surface area contributed by atoms with Crippen molar-refractivity contribution < 1.29 is 13.2 Å². The number of hydrogen-bond acceptors (Lipinski definition) is 3. The van der Waals surface area contributed by atoms with Gasteiger partial charge in [0.25, 0.3) is 15.9 Å². The van der Waals surface area contributed by atoms with Gasteiger partial charge in [-0.3, -0.25) is 9.52 Å². The maximum atomic E-state index is 12.6. The molecule has 0 unspecified atom stereocenters. The first-order valence-corrected chi connectivity index (χ1v) is 8.81. The van der Waals surface area contributed by atoms with E-state index in [1.54, 1.807) is 28.6 Å². The minimum Gasteiger partial charge on any atom is -0.340 e. The van der Waals surface area contributed by atoms with Gasteiger partial charge in [0, 0.05) is 32.0 Å². The van der Waals surface area contributed by atoms with Gasteiger partial charge in [0.15, 0.2) is 0 Å². The zero-order chi connectivity index (χ0) is 16.8. The molecule has 1 aliphatic rings. The third-order valence-corrected chi connectivity index (χ3v) is 5.25. The van der Waals surface area contributed by atoms with Gasteiger partial charge in [0.05, 0.1) is 0 Å². The molecule has 0 spiro atoms. The number of rotatable bonds is 3. The number of fused-ring (bicyclic) bond motifs is 1. The smallest absolute Gasteiger partial charge is 0.270 e. The van der Waals surface area contributed by atoms with Crippen molar-refractivity contribution in [1.82, 2.24) is 9.47 Å². The molecule has 122 valence electrons. The summed E-state index contributed by atoms with van der Waals surface area (Å²) < 4.78 is 29.4. The predicted molar refractivity (Wildman–Crippen MR) is 88.1 cm³/mol. The van der Waals surface area contributed by atoms with Crippen molar-refractivity contribution in [3.8, 4) is 0 Å². The molecular weight excluding hydrogens is 314 g/mol. The Hall–Kier alpha value is -2.28. The molecule has 0 radical (unpaired) electrons. The summed E-state index contributed by atoms with van der Waals surface area (Å²) in [5.41, 5.74) is 2.89. The Morgan fingerprint density at radius 1 is 1.04 bits per heavy atom. The second-order valence-corrected chi connectivity index (χ2v) is 7.65. The molecule has 0 saturated carbocycles. The highest BCUT2D eigenvalue weighted by Gasteiger charge is 2.26. The second-order valence-electron chi connectivity index (χ2n) is 5.96. The van der Waals surface area contributed by atoms with Crippen molar-refractivity contribution in [2.45, 2.75) is 25.3 Å². The van der Waals surface area contributed by atoms with E-state index in [-0.39, 0.29) is 10.8 Å². The number of hydrogen-bond donors (Lipinski definition) is 1. The minimum absolute atomic E-state index is 0.107. The summed E-state index contributed by atoms with van der Waals surface area (Å²) in [5.74, 6) is -0.163. The lowest BCUT2D eigenvalue weighted by Gasteiger charge is -2.23. The zero-order valence-corrected chi connectivity index (χ0v) is 14.1. The van der Waals surface area contributed by atoms with E-state index in [2.05, 4.69) is 4.72 Å². The van der Waals surface area contributed by atoms with Crippen LogP contribution in [0, 0.1) is 13.8 Å². The van der Waals surface area contributed by atoms with Crippen LogP contribution in [0.2, 0.25) is 0 Å². The Balaban J connectivity index is 1.94. The lowest BCUT2D eigenvalue weighted by atomic mass is 10.1. The molecule has 1 aliphatic heterocycles. The molecule has 1 aromatic heterocycles. The summed E-state index contributed by atoms with van der Waals surface area (Å²) in [5, 5.41) is 0. The number of carbonyl (C=O) groups excluding carboxylic acids is 1. The van der Waals surface area contributed by atoms with Crippen LogP contribution < -0.4 is 4.72 Å². The fraction of sp³-hybridized carbons (Fsp3) is 0.312. The highest BCUT2D eigenvalue weighted by atomic mass is 32.2. The van der Waals surface area contributed by atoms with Gasteiger partial charge in [0.2, 0.25) is 0 Å². The van der Waals surface area contributed by atoms with Crippen molar-refractivity contribution in [3.63, 3.8) is 0 Å². The first-order valence-electron chi connectivity index (χ1n) is 7.33. The van der Waals surface area contributed by atoms with Crippen LogP contribution in [0.15, 0.2) is 35.4 Å². The van der Waals surface area contributed by atoms with Gasteiger partial charge in [-0.1, -0.05) is 6.07 Å². The molecule has 1 aromatic carbocycles. The normalized spacial score (nSPS) is 14.7. The van der Waals surface area contributed by atoms with E-state index < -0.39 is 10.0 Å². The van der Waals surface area contributed by atoms with Gasteiger partial charge in [-0.15, -0.1) is 0 Å². The summed E-state index contributed by atoms with van der Waals surface area (Å²) >= 11 is 0. The standard InChI is InChI=1S/C16H19N3O3S/c1-11-6-12(2)8-13(7-11)17-23(21,22)14-9-15-16(20)18(3)4-5-19(15)10-14/h6-10,17H,4-5H2,1-3H3. The van der Waals surface area contributed by atoms with Crippen LogP contribution in [-0.4, -0.2) is 37.4 Å². The number of nitrogens with zero attached hydrogens (tertiary/aromatic N) is 2. The second kappa shape index (κ2) is 5.42. The van der Waals surface area contributed by atoms with Crippen LogP contribution in [-0.2, 0) is 16.6 Å². The Labute approximate surface area is 135 Å². The number of benzene rings is 1. The van der Waals surface area contributed by atoms with Crippen molar-refractivity contribution in [2.75, 3.05) is 18.3 Å². The number of likely N-dealkylation sites (N-methyl/N-ethyl adjacent to an activating group) is 1. The van der Waals surface area contributed by atoms with Gasteiger partial charge in [-0.05, 0) is 43.2 Å². The fourth-order valence-electron chi connectivity index (χ4n) is 2.80. The van der Waals surface area contributed by atoms with E-state index >= 15 is 0 Å². The van der Waals surface area contributed by atoms with Gasteiger partial charge in [-0.2, -0.15) is 0 Å². The highest BCUT2D eigenvalue weighted by Crippen LogP contribution is 2.22. The molecule has 2 aromatic rings. The first kappa shape index (κ1) is 15.6. The molecule has 0 bridgehead atoms. The quantitative estimate of drug-likeness (QED) is 0.934. The molecule has 23 heavy (non-hydrogen) atoms. The lowest BCUT2D eigenvalue weighted by Crippen LogP contribution is -2.36. The molecule has 0 fully saturated rings. The topological polar surface area (TPSA) is 71.4 Å². The Bertz CT molecular complexity index is 864. The monoisotopic (exact) mass is 333 g/mol. The van der Waals surface area contributed by atoms with Crippen LogP contribution in [0.1, 0.15) is 21.6 Å². The van der Waals surface area contributed by atoms with E-state index in [0.29, 0.717) is 24.5 Å². The molecule has 2 heterocycles. The number of carbonyl (C=O) groups is 1. The van der Waals surface area contributed by atoms with E-state index in [1.807, 2.05) is 19.9 Å². The van der Waals surface area contributed by atoms with E-state index in [9.17, 15) is 13.2 Å². The van der Waals surface area contributed by atoms with Crippen molar-refractivity contribution in [3.05, 3.63) is 47.3 Å². The SMILES string of the molecule is Cc1cc(C)cc(NS(=O)(=O)c2cc3n(c2)CCN(C)C3=O)c1. The molecule has 3 rings (SSSR count). The molecular formula is C16H19N3O3S. The Morgan fingerprint density at radius 2 is 1.70 bits per heavy atom. The van der Waals surface area contributed by atoms with Crippen LogP contribution in [0.4, 0.5) is 5.69 Å². The Morgan fingerprint density at radius 3 is 2.35 bits per heavy atom. The fourth-order valence-corrected chi connectivity index (χ4v) is 3.88. The Kier molecular flexibility index (Phi) is 3.68. The average Bonchev–Trinajstić information content (AvgIpc) is 2.87. The van der Waals surface area contributed by atoms with Crippen LogP contribution in [0.3, 0.4) is 0 Å². The summed E-state index contributed by atoms with van der Waals surface area (Å²) in [4.78, 5) is 13.8. The molecule has 7 heteroatoms. The van der Waals surface area contributed by atoms with Gasteiger partial charge < -0.3 is 9.47 Å². The van der Waals surface area contributed by atoms with E-state index in [4.69, 9.17) is 0 Å². The first-order chi connectivity index (χ1) is 10.8. The van der Waals surface area contributed by atoms with Crippen molar-refractivity contribution in [2.24, 2.45) is 0 Å². The number of aromatic nitrogens is 1.